The highest BCUT2D eigenvalue weighted by atomic mass is 79.9. The summed E-state index contributed by atoms with van der Waals surface area (Å²) in [5, 5.41) is 6.80. The third-order valence-electron chi connectivity index (χ3n) is 3.91. The van der Waals surface area contributed by atoms with E-state index in [0.717, 1.165) is 30.4 Å². The summed E-state index contributed by atoms with van der Waals surface area (Å²) in [6.45, 7) is 3.17. The third-order valence-corrected chi connectivity index (χ3v) is 4.72. The molecule has 1 saturated heterocycles. The molecular formula is C15H20BrClN2O2. The highest BCUT2D eigenvalue weighted by Crippen LogP contribution is 2.28. The van der Waals surface area contributed by atoms with Crippen LogP contribution >= 0.6 is 27.5 Å². The van der Waals surface area contributed by atoms with Gasteiger partial charge in [-0.3, -0.25) is 4.79 Å². The Labute approximate surface area is 138 Å². The molecule has 0 spiro atoms. The molecule has 1 aliphatic heterocycles. The Balaban J connectivity index is 2.01. The topological polar surface area (TPSA) is 50.4 Å². The molecule has 116 valence electrons. The number of hydrogen-bond donors (Lipinski definition) is 2. The maximum atomic E-state index is 12.3. The minimum Gasteiger partial charge on any atom is -0.384 e. The predicted molar refractivity (Wildman–Crippen MR) is 87.9 cm³/mol. The first-order valence-corrected chi connectivity index (χ1v) is 8.16. The number of benzene rings is 1. The van der Waals surface area contributed by atoms with E-state index in [4.69, 9.17) is 16.3 Å². The molecule has 2 N–H and O–H groups in total. The van der Waals surface area contributed by atoms with Crippen molar-refractivity contribution in [2.45, 2.75) is 12.8 Å². The first-order valence-electron chi connectivity index (χ1n) is 6.99. The smallest absolute Gasteiger partial charge is 0.252 e. The van der Waals surface area contributed by atoms with Crippen LogP contribution < -0.4 is 10.6 Å². The van der Waals surface area contributed by atoms with Crippen LogP contribution in [0.1, 0.15) is 23.2 Å². The minimum absolute atomic E-state index is 0.0114. The van der Waals surface area contributed by atoms with Gasteiger partial charge in [-0.15, -0.1) is 0 Å². The van der Waals surface area contributed by atoms with Gasteiger partial charge in [-0.05, 0) is 44.1 Å². The number of amides is 1. The number of piperidine rings is 1. The van der Waals surface area contributed by atoms with E-state index in [1.807, 2.05) is 6.07 Å². The summed E-state index contributed by atoms with van der Waals surface area (Å²) in [7, 11) is 1.71. The molecule has 0 radical (unpaired) electrons. The van der Waals surface area contributed by atoms with Gasteiger partial charge in [0.1, 0.15) is 0 Å². The zero-order valence-corrected chi connectivity index (χ0v) is 14.4. The second-order valence-corrected chi connectivity index (χ2v) is 6.81. The van der Waals surface area contributed by atoms with E-state index >= 15 is 0 Å². The number of rotatable bonds is 5. The summed E-state index contributed by atoms with van der Waals surface area (Å²) in [6.07, 6.45) is 1.99. The van der Waals surface area contributed by atoms with Gasteiger partial charge in [-0.1, -0.05) is 27.5 Å². The Morgan fingerprint density at radius 3 is 2.81 bits per heavy atom. The zero-order valence-electron chi connectivity index (χ0n) is 12.0. The van der Waals surface area contributed by atoms with Crippen LogP contribution in [0.2, 0.25) is 5.02 Å². The number of carbonyl (C=O) groups is 1. The van der Waals surface area contributed by atoms with Crippen molar-refractivity contribution >= 4 is 33.4 Å². The predicted octanol–water partition coefficient (Wildman–Crippen LogP) is 2.85. The maximum Gasteiger partial charge on any atom is 0.252 e. The Morgan fingerprint density at radius 1 is 1.48 bits per heavy atom. The first kappa shape index (κ1) is 16.7. The van der Waals surface area contributed by atoms with Gasteiger partial charge in [-0.25, -0.2) is 0 Å². The number of halogens is 2. The van der Waals surface area contributed by atoms with Gasteiger partial charge < -0.3 is 15.4 Å². The van der Waals surface area contributed by atoms with E-state index in [1.54, 1.807) is 19.2 Å². The summed E-state index contributed by atoms with van der Waals surface area (Å²) in [5.41, 5.74) is 0.513. The van der Waals surface area contributed by atoms with Gasteiger partial charge in [-0.2, -0.15) is 0 Å². The molecule has 1 heterocycles. The fraction of sp³-hybridized carbons (Fsp3) is 0.533. The van der Waals surface area contributed by atoms with Gasteiger partial charge >= 0.3 is 0 Å². The number of methoxy groups -OCH3 is 1. The van der Waals surface area contributed by atoms with E-state index in [0.29, 0.717) is 23.7 Å². The normalized spacial score (nSPS) is 17.5. The lowest BCUT2D eigenvalue weighted by Crippen LogP contribution is -2.47. The largest absolute Gasteiger partial charge is 0.384 e. The molecule has 0 aliphatic carbocycles. The fourth-order valence-electron chi connectivity index (χ4n) is 2.67. The second kappa shape index (κ2) is 7.58. The van der Waals surface area contributed by atoms with Gasteiger partial charge in [0.2, 0.25) is 0 Å². The van der Waals surface area contributed by atoms with Gasteiger partial charge in [0, 0.05) is 23.5 Å². The highest BCUT2D eigenvalue weighted by molar-refractivity contribution is 9.10. The Bertz CT molecular complexity index is 499. The molecule has 1 aromatic rings. The second-order valence-electron chi connectivity index (χ2n) is 5.49. The van der Waals surface area contributed by atoms with E-state index in [2.05, 4.69) is 26.6 Å². The molecule has 0 saturated carbocycles. The standard InChI is InChI=1S/C15H20BrClN2O2/c1-21-10-15(4-6-18-7-5-15)9-19-14(20)12-3-2-11(16)8-13(12)17/h2-3,8,18H,4-7,9-10H2,1H3,(H,19,20). The van der Waals surface area contributed by atoms with E-state index < -0.39 is 0 Å². The molecule has 0 atom stereocenters. The molecule has 1 fully saturated rings. The third kappa shape index (κ3) is 4.42. The molecule has 0 aromatic heterocycles. The molecule has 1 aromatic carbocycles. The summed E-state index contributed by atoms with van der Waals surface area (Å²) in [4.78, 5) is 12.3. The summed E-state index contributed by atoms with van der Waals surface area (Å²) in [6, 6.07) is 5.27. The highest BCUT2D eigenvalue weighted by Gasteiger charge is 2.32. The molecule has 6 heteroatoms. The number of hydrogen-bond acceptors (Lipinski definition) is 3. The first-order chi connectivity index (χ1) is 10.1. The van der Waals surface area contributed by atoms with Crippen molar-refractivity contribution < 1.29 is 9.53 Å². The van der Waals surface area contributed by atoms with Crippen molar-refractivity contribution in [3.05, 3.63) is 33.3 Å². The van der Waals surface area contributed by atoms with Crippen LogP contribution in [-0.2, 0) is 4.74 Å². The van der Waals surface area contributed by atoms with Crippen LogP contribution in [0.4, 0.5) is 0 Å². The SMILES string of the molecule is COCC1(CNC(=O)c2ccc(Br)cc2Cl)CCNCC1. The van der Waals surface area contributed by atoms with E-state index in [-0.39, 0.29) is 11.3 Å². The zero-order chi connectivity index (χ0) is 15.3. The average molecular weight is 376 g/mol. The minimum atomic E-state index is -0.137. The number of carbonyl (C=O) groups excluding carboxylic acids is 1. The van der Waals surface area contributed by atoms with Gasteiger partial charge in [0.15, 0.2) is 0 Å². The molecule has 4 nitrogen and oxygen atoms in total. The molecule has 21 heavy (non-hydrogen) atoms. The van der Waals surface area contributed by atoms with Crippen LogP contribution in [0.25, 0.3) is 0 Å². The van der Waals surface area contributed by atoms with Crippen LogP contribution in [0.3, 0.4) is 0 Å². The molecule has 0 unspecified atom stereocenters. The lowest BCUT2D eigenvalue weighted by atomic mass is 9.79. The van der Waals surface area contributed by atoms with Crippen LogP contribution in [0.5, 0.6) is 0 Å². The summed E-state index contributed by atoms with van der Waals surface area (Å²) >= 11 is 9.45. The van der Waals surface area contributed by atoms with E-state index in [1.165, 1.54) is 0 Å². The molecule has 1 amide bonds. The van der Waals surface area contributed by atoms with Crippen LogP contribution in [0.15, 0.2) is 22.7 Å². The molecule has 2 rings (SSSR count). The lowest BCUT2D eigenvalue weighted by Gasteiger charge is -2.37. The van der Waals surface area contributed by atoms with Crippen molar-refractivity contribution in [3.63, 3.8) is 0 Å². The summed E-state index contributed by atoms with van der Waals surface area (Å²) < 4.78 is 6.21. The van der Waals surface area contributed by atoms with Crippen LogP contribution in [0, 0.1) is 5.41 Å². The Morgan fingerprint density at radius 2 is 2.19 bits per heavy atom. The Hall–Kier alpha value is -0.620. The summed E-state index contributed by atoms with van der Waals surface area (Å²) in [5.74, 6) is -0.137. The maximum absolute atomic E-state index is 12.3. The van der Waals surface area contributed by atoms with Crippen molar-refractivity contribution in [2.24, 2.45) is 5.41 Å². The lowest BCUT2D eigenvalue weighted by molar-refractivity contribution is 0.0512. The van der Waals surface area contributed by atoms with Gasteiger partial charge in [0.25, 0.3) is 5.91 Å². The van der Waals surface area contributed by atoms with Crippen molar-refractivity contribution in [2.75, 3.05) is 33.4 Å². The number of ether oxygens (including phenoxy) is 1. The van der Waals surface area contributed by atoms with Crippen molar-refractivity contribution in [3.8, 4) is 0 Å². The quantitative estimate of drug-likeness (QED) is 0.832. The Kier molecular flexibility index (Phi) is 6.05. The average Bonchev–Trinajstić information content (AvgIpc) is 2.46. The van der Waals surface area contributed by atoms with Crippen LogP contribution in [-0.4, -0.2) is 39.3 Å². The fourth-order valence-corrected chi connectivity index (χ4v) is 3.43. The van der Waals surface area contributed by atoms with Gasteiger partial charge in [0.05, 0.1) is 17.2 Å². The van der Waals surface area contributed by atoms with Crippen molar-refractivity contribution in [1.82, 2.24) is 10.6 Å². The monoisotopic (exact) mass is 374 g/mol. The van der Waals surface area contributed by atoms with Crippen molar-refractivity contribution in [1.29, 1.82) is 0 Å². The number of nitrogens with one attached hydrogen (secondary N) is 2. The molecule has 1 aliphatic rings. The molecule has 0 bridgehead atoms. The molecular weight excluding hydrogens is 356 g/mol. The van der Waals surface area contributed by atoms with E-state index in [9.17, 15) is 4.79 Å².